The van der Waals surface area contributed by atoms with Crippen LogP contribution in [0.2, 0.25) is 0 Å². The maximum absolute atomic E-state index is 9.60. The number of phenolic OH excluding ortho intramolecular Hbond substituents is 2. The van der Waals surface area contributed by atoms with Gasteiger partial charge in [-0.25, -0.2) is 0 Å². The third-order valence-electron chi connectivity index (χ3n) is 2.41. The molecule has 0 aliphatic carbocycles. The second-order valence-corrected chi connectivity index (χ2v) is 3.80. The predicted molar refractivity (Wildman–Crippen MR) is 68.0 cm³/mol. The Labute approximate surface area is 99.3 Å². The lowest BCUT2D eigenvalue weighted by Gasteiger charge is -2.09. The lowest BCUT2D eigenvalue weighted by atomic mass is 10.2. The Balaban J connectivity index is 2.09. The third kappa shape index (κ3) is 2.81. The van der Waals surface area contributed by atoms with E-state index in [0.29, 0.717) is 17.9 Å². The average Bonchev–Trinajstić information content (AvgIpc) is 2.30. The van der Waals surface area contributed by atoms with E-state index in [-0.39, 0.29) is 11.5 Å². The lowest BCUT2D eigenvalue weighted by molar-refractivity contribution is 0.474. The summed E-state index contributed by atoms with van der Waals surface area (Å²) in [6.45, 7) is 0.505. The van der Waals surface area contributed by atoms with Gasteiger partial charge in [0.2, 0.25) is 0 Å². The third-order valence-corrected chi connectivity index (χ3v) is 2.41. The van der Waals surface area contributed by atoms with E-state index in [4.69, 9.17) is 5.73 Å². The van der Waals surface area contributed by atoms with E-state index in [0.717, 1.165) is 5.56 Å². The van der Waals surface area contributed by atoms with Gasteiger partial charge in [-0.1, -0.05) is 12.1 Å². The van der Waals surface area contributed by atoms with Gasteiger partial charge < -0.3 is 21.3 Å². The summed E-state index contributed by atoms with van der Waals surface area (Å²) < 4.78 is 0. The molecule has 0 fully saturated rings. The Hall–Kier alpha value is -2.36. The molecule has 0 heterocycles. The zero-order valence-corrected chi connectivity index (χ0v) is 9.22. The summed E-state index contributed by atoms with van der Waals surface area (Å²) in [6.07, 6.45) is 0. The minimum atomic E-state index is 0.152. The summed E-state index contributed by atoms with van der Waals surface area (Å²) in [7, 11) is 0. The number of hydrogen-bond acceptors (Lipinski definition) is 4. The van der Waals surface area contributed by atoms with Gasteiger partial charge in [-0.2, -0.15) is 0 Å². The Morgan fingerprint density at radius 3 is 2.65 bits per heavy atom. The van der Waals surface area contributed by atoms with E-state index in [1.807, 2.05) is 6.07 Å². The molecule has 0 aliphatic rings. The van der Waals surface area contributed by atoms with Crippen molar-refractivity contribution in [3.05, 3.63) is 48.0 Å². The molecule has 0 atom stereocenters. The molecule has 2 rings (SSSR count). The molecule has 5 N–H and O–H groups in total. The molecule has 0 unspecified atom stereocenters. The molecular weight excluding hydrogens is 216 g/mol. The smallest absolute Gasteiger partial charge is 0.138 e. The zero-order valence-electron chi connectivity index (χ0n) is 9.22. The fourth-order valence-corrected chi connectivity index (χ4v) is 1.56. The fourth-order valence-electron chi connectivity index (χ4n) is 1.56. The van der Waals surface area contributed by atoms with Crippen LogP contribution in [0.1, 0.15) is 5.56 Å². The Morgan fingerprint density at radius 1 is 1.06 bits per heavy atom. The quantitative estimate of drug-likeness (QED) is 0.370. The van der Waals surface area contributed by atoms with Crippen molar-refractivity contribution in [2.75, 3.05) is 11.1 Å². The first-order valence-corrected chi connectivity index (χ1v) is 5.25. The van der Waals surface area contributed by atoms with Crippen LogP contribution in [0.5, 0.6) is 11.5 Å². The fraction of sp³-hybridized carbons (Fsp3) is 0.0769. The number of nitrogens with two attached hydrogens (primary N) is 1. The molecule has 17 heavy (non-hydrogen) atoms. The molecule has 0 spiro atoms. The van der Waals surface area contributed by atoms with Gasteiger partial charge in [-0.15, -0.1) is 0 Å². The number of hydrogen-bond donors (Lipinski definition) is 4. The molecule has 0 bridgehead atoms. The van der Waals surface area contributed by atoms with Crippen molar-refractivity contribution in [2.45, 2.75) is 6.54 Å². The molecule has 0 aliphatic heterocycles. The van der Waals surface area contributed by atoms with Crippen LogP contribution in [0.15, 0.2) is 42.5 Å². The van der Waals surface area contributed by atoms with Gasteiger partial charge >= 0.3 is 0 Å². The Bertz CT molecular complexity index is 527. The van der Waals surface area contributed by atoms with Gasteiger partial charge in [-0.05, 0) is 35.9 Å². The second-order valence-electron chi connectivity index (χ2n) is 3.80. The van der Waals surface area contributed by atoms with Crippen LogP contribution < -0.4 is 11.1 Å². The van der Waals surface area contributed by atoms with Crippen LogP contribution in [0.25, 0.3) is 0 Å². The Morgan fingerprint density at radius 2 is 1.88 bits per heavy atom. The molecule has 88 valence electrons. The normalized spacial score (nSPS) is 10.1. The van der Waals surface area contributed by atoms with E-state index >= 15 is 0 Å². The van der Waals surface area contributed by atoms with Gasteiger partial charge in [-0.3, -0.25) is 0 Å². The molecule has 2 aromatic rings. The highest BCUT2D eigenvalue weighted by Gasteiger charge is 2.01. The number of nitrogen functional groups attached to an aromatic ring is 1. The van der Waals surface area contributed by atoms with Crippen molar-refractivity contribution in [2.24, 2.45) is 0 Å². The van der Waals surface area contributed by atoms with Crippen LogP contribution >= 0.6 is 0 Å². The van der Waals surface area contributed by atoms with E-state index in [2.05, 4.69) is 5.32 Å². The standard InChI is InChI=1S/C13H14N2O2/c14-10-4-5-13(17)12(7-10)15-8-9-2-1-3-11(16)6-9/h1-7,15-17H,8,14H2. The maximum Gasteiger partial charge on any atom is 0.138 e. The molecule has 0 saturated heterocycles. The number of aromatic hydroxyl groups is 2. The largest absolute Gasteiger partial charge is 0.508 e. The number of phenols is 2. The van der Waals surface area contributed by atoms with E-state index in [9.17, 15) is 10.2 Å². The van der Waals surface area contributed by atoms with E-state index < -0.39 is 0 Å². The van der Waals surface area contributed by atoms with Crippen molar-refractivity contribution in [3.63, 3.8) is 0 Å². The van der Waals surface area contributed by atoms with Gasteiger partial charge in [0.25, 0.3) is 0 Å². The Kier molecular flexibility index (Phi) is 3.05. The van der Waals surface area contributed by atoms with Crippen molar-refractivity contribution in [1.29, 1.82) is 0 Å². The summed E-state index contributed by atoms with van der Waals surface area (Å²) in [5, 5.41) is 22.0. The topological polar surface area (TPSA) is 78.5 Å². The van der Waals surface area contributed by atoms with Gasteiger partial charge in [0.1, 0.15) is 11.5 Å². The number of rotatable bonds is 3. The highest BCUT2D eigenvalue weighted by atomic mass is 16.3. The van der Waals surface area contributed by atoms with Crippen molar-refractivity contribution in [3.8, 4) is 11.5 Å². The molecule has 0 amide bonds. The van der Waals surface area contributed by atoms with Crippen LogP contribution in [0.4, 0.5) is 11.4 Å². The second kappa shape index (κ2) is 4.65. The molecule has 0 saturated carbocycles. The maximum atomic E-state index is 9.60. The molecular formula is C13H14N2O2. The summed E-state index contributed by atoms with van der Waals surface area (Å²) in [6, 6.07) is 11.8. The minimum Gasteiger partial charge on any atom is -0.508 e. The van der Waals surface area contributed by atoms with Gasteiger partial charge in [0, 0.05) is 12.2 Å². The number of anilines is 2. The van der Waals surface area contributed by atoms with E-state index in [1.165, 1.54) is 0 Å². The lowest BCUT2D eigenvalue weighted by Crippen LogP contribution is -2.00. The predicted octanol–water partition coefficient (Wildman–Crippen LogP) is 2.29. The van der Waals surface area contributed by atoms with Crippen LogP contribution in [-0.4, -0.2) is 10.2 Å². The number of nitrogens with one attached hydrogen (secondary N) is 1. The van der Waals surface area contributed by atoms with Crippen molar-refractivity contribution >= 4 is 11.4 Å². The summed E-state index contributed by atoms with van der Waals surface area (Å²) in [5.74, 6) is 0.375. The monoisotopic (exact) mass is 230 g/mol. The molecule has 0 radical (unpaired) electrons. The average molecular weight is 230 g/mol. The molecule has 4 nitrogen and oxygen atoms in total. The SMILES string of the molecule is Nc1ccc(O)c(NCc2cccc(O)c2)c1. The minimum absolute atomic E-state index is 0.152. The van der Waals surface area contributed by atoms with Gasteiger partial charge in [0.15, 0.2) is 0 Å². The first kappa shape index (κ1) is 11.1. The molecule has 4 heteroatoms. The zero-order chi connectivity index (χ0) is 12.3. The highest BCUT2D eigenvalue weighted by Crippen LogP contribution is 2.25. The number of benzene rings is 2. The summed E-state index contributed by atoms with van der Waals surface area (Å²) >= 11 is 0. The summed E-state index contributed by atoms with van der Waals surface area (Å²) in [4.78, 5) is 0. The van der Waals surface area contributed by atoms with Crippen LogP contribution in [-0.2, 0) is 6.54 Å². The van der Waals surface area contributed by atoms with Crippen LogP contribution in [0, 0.1) is 0 Å². The van der Waals surface area contributed by atoms with Crippen molar-refractivity contribution < 1.29 is 10.2 Å². The van der Waals surface area contributed by atoms with E-state index in [1.54, 1.807) is 36.4 Å². The first-order chi connectivity index (χ1) is 8.15. The molecule has 0 aromatic heterocycles. The van der Waals surface area contributed by atoms with Crippen molar-refractivity contribution in [1.82, 2.24) is 0 Å². The molecule has 2 aromatic carbocycles. The highest BCUT2D eigenvalue weighted by molar-refractivity contribution is 5.62. The van der Waals surface area contributed by atoms with Crippen LogP contribution in [0.3, 0.4) is 0 Å². The summed E-state index contributed by atoms with van der Waals surface area (Å²) in [5.41, 5.74) is 7.71. The van der Waals surface area contributed by atoms with Gasteiger partial charge in [0.05, 0.1) is 5.69 Å². The first-order valence-electron chi connectivity index (χ1n) is 5.25.